The van der Waals surface area contributed by atoms with Crippen LogP contribution in [0.1, 0.15) is 38.2 Å². The fourth-order valence-electron chi connectivity index (χ4n) is 4.46. The summed E-state index contributed by atoms with van der Waals surface area (Å²) in [6, 6.07) is 4.85. The summed E-state index contributed by atoms with van der Waals surface area (Å²) in [5.41, 5.74) is 0.319. The zero-order chi connectivity index (χ0) is 16.9. The van der Waals surface area contributed by atoms with Gasteiger partial charge in [0.1, 0.15) is 0 Å². The molecule has 1 spiro atoms. The molecule has 1 saturated heterocycles. The number of hydrogen-bond acceptors (Lipinski definition) is 6. The predicted molar refractivity (Wildman–Crippen MR) is 83.7 cm³/mol. The highest BCUT2D eigenvalue weighted by molar-refractivity contribution is 5.46. The van der Waals surface area contributed by atoms with Crippen LogP contribution in [0.2, 0.25) is 0 Å². The fraction of sp³-hybridized carbons (Fsp3) is 0.647. The Kier molecular flexibility index (Phi) is 3.47. The second-order valence-corrected chi connectivity index (χ2v) is 7.43. The van der Waals surface area contributed by atoms with E-state index in [1.807, 2.05) is 32.0 Å². The molecule has 1 aromatic rings. The van der Waals surface area contributed by atoms with Crippen molar-refractivity contribution in [3.05, 3.63) is 33.9 Å². The highest BCUT2D eigenvalue weighted by Crippen LogP contribution is 2.53. The van der Waals surface area contributed by atoms with Crippen LogP contribution in [0.15, 0.2) is 18.2 Å². The Labute approximate surface area is 140 Å². The summed E-state index contributed by atoms with van der Waals surface area (Å²) < 4.78 is 22.6. The van der Waals surface area contributed by atoms with Crippen LogP contribution in [0.3, 0.4) is 0 Å². The van der Waals surface area contributed by atoms with Crippen molar-refractivity contribution in [2.45, 2.75) is 44.4 Å². The summed E-state index contributed by atoms with van der Waals surface area (Å²) in [5.74, 6) is 0.281. The molecular weight excluding hydrogens is 314 g/mol. The summed E-state index contributed by atoms with van der Waals surface area (Å²) in [5, 5.41) is 11.9. The molecule has 0 unspecified atom stereocenters. The van der Waals surface area contributed by atoms with E-state index in [-0.39, 0.29) is 17.6 Å². The molecule has 3 aliphatic rings. The minimum Gasteiger partial charge on any atom is -0.454 e. The average molecular weight is 335 g/mol. The Bertz CT molecular complexity index is 667. The molecule has 130 valence electrons. The minimum atomic E-state index is -0.725. The highest BCUT2D eigenvalue weighted by Gasteiger charge is 2.58. The average Bonchev–Trinajstić information content (AvgIpc) is 3.13. The number of rotatable bonds is 2. The molecule has 2 aliphatic heterocycles. The lowest BCUT2D eigenvalue weighted by molar-refractivity contribution is -0.553. The largest absolute Gasteiger partial charge is 0.454 e. The first-order chi connectivity index (χ1) is 11.4. The molecule has 7 nitrogen and oxygen atoms in total. The smallest absolute Gasteiger partial charge is 0.231 e. The quantitative estimate of drug-likeness (QED) is 0.611. The number of hydrogen-bond donors (Lipinski definition) is 0. The van der Waals surface area contributed by atoms with Gasteiger partial charge in [-0.3, -0.25) is 10.1 Å². The molecule has 7 heteroatoms. The van der Waals surface area contributed by atoms with Crippen molar-refractivity contribution >= 4 is 0 Å². The van der Waals surface area contributed by atoms with Crippen molar-refractivity contribution in [2.75, 3.05) is 20.0 Å². The van der Waals surface area contributed by atoms with E-state index in [1.54, 1.807) is 0 Å². The van der Waals surface area contributed by atoms with E-state index < -0.39 is 17.2 Å². The van der Waals surface area contributed by atoms with Crippen LogP contribution in [0.5, 0.6) is 11.5 Å². The van der Waals surface area contributed by atoms with Gasteiger partial charge in [-0.05, 0) is 17.7 Å². The Balaban J connectivity index is 1.75. The minimum absolute atomic E-state index is 0.156. The molecule has 2 fully saturated rings. The van der Waals surface area contributed by atoms with Crippen molar-refractivity contribution in [3.8, 4) is 11.5 Å². The third-order valence-electron chi connectivity index (χ3n) is 5.30. The van der Waals surface area contributed by atoms with Crippen molar-refractivity contribution in [1.82, 2.24) is 0 Å². The molecule has 0 amide bonds. The van der Waals surface area contributed by atoms with Crippen LogP contribution in [0, 0.1) is 15.5 Å². The normalized spacial score (nSPS) is 29.8. The molecule has 2 atom stereocenters. The van der Waals surface area contributed by atoms with E-state index >= 15 is 0 Å². The van der Waals surface area contributed by atoms with Gasteiger partial charge in [-0.2, -0.15) is 0 Å². The number of benzene rings is 1. The number of nitrogens with zero attached hydrogens (tertiary/aromatic N) is 1. The molecule has 0 aromatic heterocycles. The van der Waals surface area contributed by atoms with Crippen LogP contribution in [-0.2, 0) is 9.47 Å². The van der Waals surface area contributed by atoms with Gasteiger partial charge in [0.05, 0.1) is 19.1 Å². The van der Waals surface area contributed by atoms with Gasteiger partial charge in [-0.15, -0.1) is 0 Å². The number of ether oxygens (including phenoxy) is 4. The van der Waals surface area contributed by atoms with Gasteiger partial charge in [0, 0.05) is 23.2 Å². The van der Waals surface area contributed by atoms with Crippen molar-refractivity contribution in [1.29, 1.82) is 0 Å². The lowest BCUT2D eigenvalue weighted by atomic mass is 9.64. The zero-order valence-electron chi connectivity index (χ0n) is 13.8. The van der Waals surface area contributed by atoms with Crippen molar-refractivity contribution < 1.29 is 23.9 Å². The maximum absolute atomic E-state index is 11.9. The third kappa shape index (κ3) is 2.43. The summed E-state index contributed by atoms with van der Waals surface area (Å²) >= 11 is 0. The van der Waals surface area contributed by atoms with E-state index in [0.29, 0.717) is 37.6 Å². The zero-order valence-corrected chi connectivity index (χ0v) is 13.8. The van der Waals surface area contributed by atoms with Crippen LogP contribution in [0.4, 0.5) is 0 Å². The first-order valence-electron chi connectivity index (χ1n) is 8.21. The molecule has 1 aromatic carbocycles. The third-order valence-corrected chi connectivity index (χ3v) is 5.30. The maximum Gasteiger partial charge on any atom is 0.231 e. The highest BCUT2D eigenvalue weighted by atomic mass is 16.7. The molecule has 0 bridgehead atoms. The van der Waals surface area contributed by atoms with Gasteiger partial charge >= 0.3 is 0 Å². The van der Waals surface area contributed by atoms with E-state index in [1.165, 1.54) is 0 Å². The summed E-state index contributed by atoms with van der Waals surface area (Å²) in [6.45, 7) is 5.10. The SMILES string of the molecule is CC1(C)CC2(C[C@H](c3ccc4c(c3)OCO4)[C@H]1[N+](=O)[O-])OCCO2. The van der Waals surface area contributed by atoms with E-state index in [2.05, 4.69) is 0 Å². The Morgan fingerprint density at radius 1 is 1.17 bits per heavy atom. The molecule has 1 saturated carbocycles. The molecule has 0 N–H and O–H groups in total. The molecule has 24 heavy (non-hydrogen) atoms. The van der Waals surface area contributed by atoms with Gasteiger partial charge in [0.15, 0.2) is 17.3 Å². The summed E-state index contributed by atoms with van der Waals surface area (Å²) in [4.78, 5) is 11.7. The van der Waals surface area contributed by atoms with Crippen LogP contribution in [-0.4, -0.2) is 36.8 Å². The van der Waals surface area contributed by atoms with Crippen LogP contribution < -0.4 is 9.47 Å². The van der Waals surface area contributed by atoms with Crippen LogP contribution >= 0.6 is 0 Å². The fourth-order valence-corrected chi connectivity index (χ4v) is 4.46. The molecule has 1 aliphatic carbocycles. The van der Waals surface area contributed by atoms with Crippen molar-refractivity contribution in [2.24, 2.45) is 5.41 Å². The standard InChI is InChI=1S/C17H21NO6/c1-16(2)9-17(23-5-6-24-17)8-12(15(16)18(19)20)11-3-4-13-14(7-11)22-10-21-13/h3-4,7,12,15H,5-6,8-10H2,1-2H3/t12-,15-/m1/s1. The number of nitro groups is 1. The van der Waals surface area contributed by atoms with Gasteiger partial charge in [-0.1, -0.05) is 19.9 Å². The second kappa shape index (κ2) is 5.32. The Morgan fingerprint density at radius 3 is 2.58 bits per heavy atom. The number of fused-ring (bicyclic) bond motifs is 1. The van der Waals surface area contributed by atoms with Gasteiger partial charge < -0.3 is 18.9 Å². The summed E-state index contributed by atoms with van der Waals surface area (Å²) in [7, 11) is 0. The van der Waals surface area contributed by atoms with E-state index in [0.717, 1.165) is 5.56 Å². The first-order valence-corrected chi connectivity index (χ1v) is 8.21. The molecular formula is C17H21NO6. The Hall–Kier alpha value is -1.86. The molecule has 4 rings (SSSR count). The van der Waals surface area contributed by atoms with E-state index in [9.17, 15) is 10.1 Å². The second-order valence-electron chi connectivity index (χ2n) is 7.43. The van der Waals surface area contributed by atoms with Crippen LogP contribution in [0.25, 0.3) is 0 Å². The van der Waals surface area contributed by atoms with E-state index in [4.69, 9.17) is 18.9 Å². The molecule has 2 heterocycles. The lowest BCUT2D eigenvalue weighted by Gasteiger charge is -2.46. The van der Waals surface area contributed by atoms with Crippen molar-refractivity contribution in [3.63, 3.8) is 0 Å². The van der Waals surface area contributed by atoms with Gasteiger partial charge in [-0.25, -0.2) is 0 Å². The molecule has 0 radical (unpaired) electrons. The predicted octanol–water partition coefficient (Wildman–Crippen LogP) is 2.71. The van der Waals surface area contributed by atoms with Gasteiger partial charge in [0.25, 0.3) is 0 Å². The summed E-state index contributed by atoms with van der Waals surface area (Å²) in [6.07, 6.45) is 0.994. The van der Waals surface area contributed by atoms with Gasteiger partial charge in [0.2, 0.25) is 12.8 Å². The maximum atomic E-state index is 11.9. The topological polar surface area (TPSA) is 80.1 Å². The monoisotopic (exact) mass is 335 g/mol. The lowest BCUT2D eigenvalue weighted by Crippen LogP contribution is -2.53. The Morgan fingerprint density at radius 2 is 1.88 bits per heavy atom. The first kappa shape index (κ1) is 15.7.